The Morgan fingerprint density at radius 2 is 1.95 bits per heavy atom. The van der Waals surface area contributed by atoms with Gasteiger partial charge >= 0.3 is 0 Å². The van der Waals surface area contributed by atoms with Crippen LogP contribution in [0.25, 0.3) is 11.0 Å². The molecule has 0 saturated heterocycles. The maximum absolute atomic E-state index is 4.41. The van der Waals surface area contributed by atoms with Crippen molar-refractivity contribution in [3.05, 3.63) is 53.0 Å². The molecule has 3 heterocycles. The van der Waals surface area contributed by atoms with E-state index < -0.39 is 0 Å². The van der Waals surface area contributed by atoms with E-state index in [0.29, 0.717) is 0 Å². The number of hydrogen-bond donors (Lipinski definition) is 1. The van der Waals surface area contributed by atoms with Crippen LogP contribution in [-0.2, 0) is 0 Å². The molecule has 5 heteroatoms. The molecule has 94 valence electrons. The fourth-order valence-corrected chi connectivity index (χ4v) is 2.17. The van der Waals surface area contributed by atoms with Crippen molar-refractivity contribution in [2.45, 2.75) is 6.92 Å². The fourth-order valence-electron chi connectivity index (χ4n) is 1.85. The number of anilines is 2. The molecule has 0 aliphatic carbocycles. The molecule has 0 amide bonds. The van der Waals surface area contributed by atoms with Gasteiger partial charge in [-0.3, -0.25) is 15.0 Å². The lowest BCUT2D eigenvalue weighted by Crippen LogP contribution is -1.96. The Balaban J connectivity index is 2.09. The molecule has 4 nitrogen and oxygen atoms in total. The minimum absolute atomic E-state index is 0.842. The summed E-state index contributed by atoms with van der Waals surface area (Å²) in [4.78, 5) is 12.9. The number of aryl methyl sites for hydroxylation is 1. The first-order chi connectivity index (χ1) is 9.24. The van der Waals surface area contributed by atoms with Crippen LogP contribution in [0.1, 0.15) is 5.56 Å². The van der Waals surface area contributed by atoms with Crippen LogP contribution in [-0.4, -0.2) is 15.0 Å². The maximum Gasteiger partial charge on any atom is 0.112 e. The van der Waals surface area contributed by atoms with Crippen molar-refractivity contribution in [1.82, 2.24) is 15.0 Å². The van der Waals surface area contributed by atoms with E-state index in [1.54, 1.807) is 24.8 Å². The van der Waals surface area contributed by atoms with Gasteiger partial charge in [0.1, 0.15) is 5.52 Å². The highest BCUT2D eigenvalue weighted by molar-refractivity contribution is 9.10. The summed E-state index contributed by atoms with van der Waals surface area (Å²) in [5.41, 5.74) is 4.72. The molecule has 0 saturated carbocycles. The smallest absolute Gasteiger partial charge is 0.112 e. The first-order valence-corrected chi connectivity index (χ1v) is 6.61. The van der Waals surface area contributed by atoms with Gasteiger partial charge in [0.2, 0.25) is 0 Å². The van der Waals surface area contributed by atoms with E-state index in [1.165, 1.54) is 0 Å². The van der Waals surface area contributed by atoms with Crippen LogP contribution in [0.5, 0.6) is 0 Å². The van der Waals surface area contributed by atoms with Gasteiger partial charge < -0.3 is 5.32 Å². The normalized spacial score (nSPS) is 10.6. The van der Waals surface area contributed by atoms with E-state index in [9.17, 15) is 0 Å². The van der Waals surface area contributed by atoms with E-state index in [4.69, 9.17) is 0 Å². The van der Waals surface area contributed by atoms with Gasteiger partial charge in [-0.05, 0) is 46.6 Å². The van der Waals surface area contributed by atoms with Gasteiger partial charge in [-0.15, -0.1) is 0 Å². The van der Waals surface area contributed by atoms with Crippen molar-refractivity contribution < 1.29 is 0 Å². The predicted molar refractivity (Wildman–Crippen MR) is 79.5 cm³/mol. The van der Waals surface area contributed by atoms with Gasteiger partial charge in [0.05, 0.1) is 23.1 Å². The number of aromatic nitrogens is 3. The third-order valence-corrected chi connectivity index (χ3v) is 3.29. The Kier molecular flexibility index (Phi) is 3.13. The van der Waals surface area contributed by atoms with Gasteiger partial charge in [0.15, 0.2) is 0 Å². The second-order valence-electron chi connectivity index (χ2n) is 4.20. The fraction of sp³-hybridized carbons (Fsp3) is 0.0714. The third kappa shape index (κ3) is 2.42. The molecule has 0 aliphatic rings. The van der Waals surface area contributed by atoms with Crippen LogP contribution in [0.3, 0.4) is 0 Å². The Hall–Kier alpha value is -2.01. The highest BCUT2D eigenvalue weighted by Gasteiger charge is 2.05. The van der Waals surface area contributed by atoms with Crippen LogP contribution >= 0.6 is 15.9 Å². The highest BCUT2D eigenvalue weighted by atomic mass is 79.9. The van der Waals surface area contributed by atoms with E-state index in [1.807, 2.05) is 25.1 Å². The van der Waals surface area contributed by atoms with Crippen molar-refractivity contribution in [3.8, 4) is 0 Å². The largest absolute Gasteiger partial charge is 0.352 e. The molecule has 0 bridgehead atoms. The molecule has 1 N–H and O–H groups in total. The maximum atomic E-state index is 4.41. The summed E-state index contributed by atoms with van der Waals surface area (Å²) < 4.78 is 0.919. The lowest BCUT2D eigenvalue weighted by molar-refractivity contribution is 1.27. The van der Waals surface area contributed by atoms with Crippen LogP contribution in [0, 0.1) is 6.92 Å². The Morgan fingerprint density at radius 1 is 1.05 bits per heavy atom. The van der Waals surface area contributed by atoms with E-state index in [0.717, 1.165) is 32.4 Å². The molecule has 3 aromatic heterocycles. The second-order valence-corrected chi connectivity index (χ2v) is 5.11. The van der Waals surface area contributed by atoms with Gasteiger partial charge in [-0.25, -0.2) is 0 Å². The van der Waals surface area contributed by atoms with Crippen LogP contribution < -0.4 is 5.32 Å². The number of halogens is 1. The molecule has 0 fully saturated rings. The third-order valence-electron chi connectivity index (χ3n) is 2.85. The lowest BCUT2D eigenvalue weighted by atomic mass is 10.2. The zero-order chi connectivity index (χ0) is 13.2. The topological polar surface area (TPSA) is 50.7 Å². The zero-order valence-corrected chi connectivity index (χ0v) is 11.8. The van der Waals surface area contributed by atoms with Gasteiger partial charge in [-0.1, -0.05) is 0 Å². The second kappa shape index (κ2) is 4.93. The summed E-state index contributed by atoms with van der Waals surface area (Å²) in [6.07, 6.45) is 7.12. The van der Waals surface area contributed by atoms with Gasteiger partial charge in [-0.2, -0.15) is 0 Å². The lowest BCUT2D eigenvalue weighted by Gasteiger charge is -2.10. The predicted octanol–water partition coefficient (Wildman–Crippen LogP) is 3.84. The average Bonchev–Trinajstić information content (AvgIpc) is 2.41. The van der Waals surface area contributed by atoms with Crippen molar-refractivity contribution in [1.29, 1.82) is 0 Å². The highest BCUT2D eigenvalue weighted by Crippen LogP contribution is 2.26. The summed E-state index contributed by atoms with van der Waals surface area (Å²) in [5.74, 6) is 0. The molecule has 0 aliphatic heterocycles. The minimum Gasteiger partial charge on any atom is -0.352 e. The van der Waals surface area contributed by atoms with E-state index >= 15 is 0 Å². The number of pyridine rings is 3. The van der Waals surface area contributed by atoms with Crippen molar-refractivity contribution >= 4 is 38.3 Å². The van der Waals surface area contributed by atoms with Crippen molar-refractivity contribution in [2.75, 3.05) is 5.32 Å². The standard InChI is InChI=1S/C14H11BrN4/c1-9-2-4-16-8-13(9)19-11-3-5-17-12-6-10(15)7-18-14(11)12/h2-8H,1H3,(H,17,19). The van der Waals surface area contributed by atoms with Crippen molar-refractivity contribution in [2.24, 2.45) is 0 Å². The molecule has 0 radical (unpaired) electrons. The Bertz CT molecular complexity index is 742. The molecule has 0 atom stereocenters. The molecule has 0 unspecified atom stereocenters. The number of rotatable bonds is 2. The molecule has 3 aromatic rings. The van der Waals surface area contributed by atoms with Gasteiger partial charge in [0.25, 0.3) is 0 Å². The van der Waals surface area contributed by atoms with Crippen molar-refractivity contribution in [3.63, 3.8) is 0 Å². The monoisotopic (exact) mass is 314 g/mol. The number of nitrogens with zero attached hydrogens (tertiary/aromatic N) is 3. The summed E-state index contributed by atoms with van der Waals surface area (Å²) in [6.45, 7) is 2.04. The molecule has 3 rings (SSSR count). The number of hydrogen-bond acceptors (Lipinski definition) is 4. The van der Waals surface area contributed by atoms with Crippen LogP contribution in [0.15, 0.2) is 47.5 Å². The Morgan fingerprint density at radius 3 is 2.79 bits per heavy atom. The van der Waals surface area contributed by atoms with E-state index in [-0.39, 0.29) is 0 Å². The van der Waals surface area contributed by atoms with Crippen LogP contribution in [0.2, 0.25) is 0 Å². The van der Waals surface area contributed by atoms with Crippen LogP contribution in [0.4, 0.5) is 11.4 Å². The molecule has 0 aromatic carbocycles. The zero-order valence-electron chi connectivity index (χ0n) is 10.3. The van der Waals surface area contributed by atoms with Gasteiger partial charge in [0, 0.05) is 23.1 Å². The first-order valence-electron chi connectivity index (χ1n) is 5.82. The number of nitrogens with one attached hydrogen (secondary N) is 1. The molecular weight excluding hydrogens is 304 g/mol. The van der Waals surface area contributed by atoms with E-state index in [2.05, 4.69) is 36.2 Å². The average molecular weight is 315 g/mol. The summed E-state index contributed by atoms with van der Waals surface area (Å²) in [7, 11) is 0. The summed E-state index contributed by atoms with van der Waals surface area (Å²) in [6, 6.07) is 5.83. The SMILES string of the molecule is Cc1ccncc1Nc1ccnc2cc(Br)cnc12. The Labute approximate surface area is 119 Å². The first kappa shape index (κ1) is 12.0. The quantitative estimate of drug-likeness (QED) is 0.780. The minimum atomic E-state index is 0.842. The number of fused-ring (bicyclic) bond motifs is 1. The summed E-state index contributed by atoms with van der Waals surface area (Å²) >= 11 is 3.40. The molecule has 19 heavy (non-hydrogen) atoms. The molecule has 0 spiro atoms. The molecular formula is C14H11BrN4. The summed E-state index contributed by atoms with van der Waals surface area (Å²) in [5, 5.41) is 3.35.